The molecule has 16 aromatic rings. The van der Waals surface area contributed by atoms with E-state index in [1.54, 1.807) is 24.4 Å². The van der Waals surface area contributed by atoms with Crippen LogP contribution in [0.15, 0.2) is 253 Å². The standard InChI is InChI=1S/C24H19N2.C24H20N2.2C15H9N2.2C5H8O2.4Ir/c1-15-11-12-21-20(13-15)18-9-4-5-10-19(18)24-25-14-22(26(21)24)23-16(2)7-6-8-17(23)3;1-15-11-12-20-21(13-15)18-9-4-5-10-19(18)22-24(20)26(14-25-22)23-16(2)7-6-8-17(23)3;2*1-2-7-13-11(5-1)12-6-3-4-8-14(12)17-10-9-16-15(13)17;2*1-4(6)3-5(2)7;;;;/h4-9,11-14H,1-3H3;4-9,11-14,24H,1-3H3;2*1-6,8-10H;2*3,6H,1-2H3;;;;/q-1;;2*-1;;;;;;/i;4D,5D,6D,7D,8D,9D,11D,12D,13D,14D;1D,2D,3D,4D,5D,6D,8D;9D,10D;2*1D3,2D3,3D;;;;. The van der Waals surface area contributed by atoms with Crippen LogP contribution in [-0.2, 0) is 90.0 Å². The van der Waals surface area contributed by atoms with Crippen LogP contribution < -0.4 is 0 Å². The van der Waals surface area contributed by atoms with Gasteiger partial charge in [-0.25, -0.2) is 4.58 Å². The van der Waals surface area contributed by atoms with E-state index in [-0.39, 0.29) is 233 Å². The van der Waals surface area contributed by atoms with Crippen LogP contribution >= 0.6 is 0 Å². The SMILES string of the molecule is Cc1ccc2c(c1)c1ccc[c-]c1c1ncc(-c3c(C)cccc3C)n21.[2H]C(C(=O)C([2H])([2H])[2H])=C(O)C([2H])([2H])[2H].[2H]C(C(=O)C([2H])([2H])[2H])=C(O)C([2H])([2H])[2H].[2H]C1=[N+](c2c(C)c([2H])c([2H])c([2H])c2C)C2C(=N1)c1[c-]c([2H])c([2H])c([2H])c1-c1c([2H])c(C)c([2H])c([2H])c12.[2H]c1[c-]c2c(c([2H])c1[2H])c1c([2H])c([2H])c([2H])c([2H])c1n1ccnc21.[2H]c1nc2c3[c-]cccc3c3ccccc3n2c1[2H].[Ir].[Ir].[Ir].[Ir]. The zero-order valence-corrected chi connectivity index (χ0v) is 64.7. The summed E-state index contributed by atoms with van der Waals surface area (Å²) in [7, 11) is 0. The number of hydrogen-bond donors (Lipinski definition) is 2. The molecular formula is C88H73Ir4N8O4-3. The molecule has 0 fully saturated rings. The van der Waals surface area contributed by atoms with Crippen molar-refractivity contribution in [1.82, 2.24) is 28.2 Å². The number of nitrogens with zero attached hydrogens (tertiary/aromatic N) is 8. The Bertz CT molecular complexity index is 7730. The minimum absolute atomic E-state index is 0. The van der Waals surface area contributed by atoms with E-state index in [0.717, 1.165) is 38.4 Å². The van der Waals surface area contributed by atoms with E-state index in [9.17, 15) is 9.59 Å². The maximum atomic E-state index is 10.8. The van der Waals surface area contributed by atoms with Crippen molar-refractivity contribution in [3.05, 3.63) is 317 Å². The Morgan fingerprint density at radius 1 is 0.558 bits per heavy atom. The minimum Gasteiger partial charge on any atom is -0.512 e. The Morgan fingerprint density at radius 3 is 1.92 bits per heavy atom. The van der Waals surface area contributed by atoms with Crippen molar-refractivity contribution in [3.63, 3.8) is 0 Å². The molecule has 0 spiro atoms. The second kappa shape index (κ2) is 34.2. The fraction of sp³-hybridized carbons (Fsp3) is 0.125. The fourth-order valence-corrected chi connectivity index (χ4v) is 12.2. The third-order valence-electron chi connectivity index (χ3n) is 16.2. The number of allylic oxidation sites excluding steroid dienone is 4. The molecule has 18 rings (SSSR count). The van der Waals surface area contributed by atoms with Gasteiger partial charge in [-0.2, -0.15) is 0 Å². The Labute approximate surface area is 705 Å². The van der Waals surface area contributed by atoms with Crippen LogP contribution in [0.2, 0.25) is 0 Å². The Morgan fingerprint density at radius 2 is 1.20 bits per heavy atom. The van der Waals surface area contributed by atoms with E-state index >= 15 is 0 Å². The summed E-state index contributed by atoms with van der Waals surface area (Å²) in [6.45, 7) is -1.09. The van der Waals surface area contributed by atoms with Crippen molar-refractivity contribution in [3.8, 4) is 22.4 Å². The summed E-state index contributed by atoms with van der Waals surface area (Å²) in [4.78, 5) is 39.3. The normalized spacial score (nSPS) is 17.8. The maximum Gasteiger partial charge on any atom is 0.276 e. The van der Waals surface area contributed by atoms with E-state index < -0.39 is 80.7 Å². The van der Waals surface area contributed by atoms with E-state index in [4.69, 9.17) is 60.4 Å². The smallest absolute Gasteiger partial charge is 0.276 e. The number of amidine groups is 1. The Hall–Kier alpha value is -9.81. The van der Waals surface area contributed by atoms with Gasteiger partial charge in [0.15, 0.2) is 19.0 Å². The number of hydrogen-bond acceptors (Lipinski definition) is 8. The molecule has 1 atom stereocenters. The van der Waals surface area contributed by atoms with Gasteiger partial charge in [0.1, 0.15) is 11.4 Å². The largest absolute Gasteiger partial charge is 0.512 e. The second-order valence-corrected chi connectivity index (χ2v) is 22.6. The molecule has 16 heteroatoms. The van der Waals surface area contributed by atoms with Gasteiger partial charge in [-0.15, -0.1) is 113 Å². The number of aryl methyl sites for hydroxylation is 3. The van der Waals surface area contributed by atoms with E-state index in [1.165, 1.54) is 60.6 Å². The molecule has 528 valence electrons. The van der Waals surface area contributed by atoms with Crippen LogP contribution in [0.4, 0.5) is 5.69 Å². The first-order valence-corrected chi connectivity index (χ1v) is 30.5. The summed E-state index contributed by atoms with van der Waals surface area (Å²) in [6, 6.07) is 36.9. The first-order chi connectivity index (χ1) is 62.0. The van der Waals surface area contributed by atoms with Gasteiger partial charge in [0.25, 0.3) is 6.31 Å². The van der Waals surface area contributed by atoms with Gasteiger partial charge in [-0.3, -0.25) is 24.5 Å². The van der Waals surface area contributed by atoms with Gasteiger partial charge in [0.2, 0.25) is 0 Å². The molecule has 2 N–H and O–H groups in total. The monoisotopic (exact) mass is 2110 g/mol. The third-order valence-corrected chi connectivity index (χ3v) is 16.2. The van der Waals surface area contributed by atoms with Crippen molar-refractivity contribution in [1.29, 1.82) is 0 Å². The second-order valence-electron chi connectivity index (χ2n) is 22.6. The Balaban J connectivity index is 0.000000189. The third kappa shape index (κ3) is 15.8. The zero-order valence-electron chi connectivity index (χ0n) is 88.2. The molecule has 0 saturated heterocycles. The van der Waals surface area contributed by atoms with Gasteiger partial charge in [-0.1, -0.05) is 152 Å². The number of aliphatic imine (C=N–C) groups is 1. The molecule has 7 heterocycles. The predicted octanol–water partition coefficient (Wildman–Crippen LogP) is 20.3. The molecule has 104 heavy (non-hydrogen) atoms. The molecule has 0 amide bonds. The fourth-order valence-electron chi connectivity index (χ4n) is 12.2. The molecule has 10 aromatic carbocycles. The average molecular weight is 2110 g/mol. The quantitative estimate of drug-likeness (QED) is 0.0587. The number of carbonyl (C=O) groups is 2. The van der Waals surface area contributed by atoms with Gasteiger partial charge in [0, 0.05) is 168 Å². The molecule has 1 aliphatic carbocycles. The molecule has 6 aromatic heterocycles. The summed E-state index contributed by atoms with van der Waals surface area (Å²) in [5.74, 6) is -6.38. The zero-order chi connectivity index (χ0) is 98.2. The number of para-hydroxylation sites is 3. The van der Waals surface area contributed by atoms with Crippen LogP contribution in [-0.4, -0.2) is 66.5 Å². The van der Waals surface area contributed by atoms with Crippen LogP contribution in [0, 0.1) is 65.8 Å². The van der Waals surface area contributed by atoms with E-state index in [1.807, 2.05) is 54.7 Å². The summed E-state index contributed by atoms with van der Waals surface area (Å²) in [6.07, 6.45) is 4.87. The van der Waals surface area contributed by atoms with Gasteiger partial charge < -0.3 is 23.4 Å². The number of imidazole rings is 3. The summed E-state index contributed by atoms with van der Waals surface area (Å²) >= 11 is 0. The van der Waals surface area contributed by atoms with E-state index in [2.05, 4.69) is 113 Å². The van der Waals surface area contributed by atoms with Crippen molar-refractivity contribution >= 4 is 111 Å². The van der Waals surface area contributed by atoms with Crippen molar-refractivity contribution < 1.29 is 150 Å². The predicted molar refractivity (Wildman–Crippen MR) is 408 cm³/mol. The van der Waals surface area contributed by atoms with Crippen LogP contribution in [0.3, 0.4) is 0 Å². The molecule has 0 bridgehead atoms. The topological polar surface area (TPSA) is 142 Å². The van der Waals surface area contributed by atoms with Crippen LogP contribution in [0.25, 0.3) is 104 Å². The van der Waals surface area contributed by atoms with Gasteiger partial charge >= 0.3 is 0 Å². The summed E-state index contributed by atoms with van der Waals surface area (Å²) < 4.78 is 257. The number of pyridine rings is 3. The first-order valence-electron chi connectivity index (χ1n) is 47.0. The van der Waals surface area contributed by atoms with Crippen LogP contribution in [0.5, 0.6) is 0 Å². The maximum absolute atomic E-state index is 10.8. The molecular weight excluding hydrogens is 2000 g/mol. The van der Waals surface area contributed by atoms with Gasteiger partial charge in [0.05, 0.1) is 53.3 Å². The number of ketones is 2. The van der Waals surface area contributed by atoms with Crippen molar-refractivity contribution in [2.75, 3.05) is 0 Å². The van der Waals surface area contributed by atoms with Crippen LogP contribution in [0.1, 0.15) is 123 Å². The number of fused-ring (bicyclic) bond motifs is 24. The number of aliphatic hydroxyl groups excluding tert-OH is 2. The molecule has 1 aliphatic heterocycles. The summed E-state index contributed by atoms with van der Waals surface area (Å²) in [5, 5.41) is 24.8. The molecule has 0 saturated carbocycles. The molecule has 2 aliphatic rings. The first kappa shape index (κ1) is 44.8. The number of aromatic nitrogens is 6. The molecule has 12 nitrogen and oxygen atoms in total. The molecule has 1 unspecified atom stereocenters. The molecule has 4 radical (unpaired) electrons. The van der Waals surface area contributed by atoms with Gasteiger partial charge in [-0.05, 0) is 134 Å². The average Bonchev–Trinajstić information content (AvgIpc) is 1.61. The number of aliphatic hydroxyl groups is 2. The Kier molecular flexibility index (Phi) is 14.7. The van der Waals surface area contributed by atoms with E-state index in [0.29, 0.717) is 33.5 Å². The number of carbonyl (C=O) groups excluding carboxylic acids is 2. The summed E-state index contributed by atoms with van der Waals surface area (Å²) in [5.41, 5.74) is 12.4. The minimum atomic E-state index is -3.11. The van der Waals surface area contributed by atoms with Crippen molar-refractivity contribution in [2.45, 2.75) is 75.0 Å². The van der Waals surface area contributed by atoms with Crippen molar-refractivity contribution in [2.24, 2.45) is 4.99 Å². The number of benzene rings is 10. The number of rotatable bonds is 4.